The third-order valence-corrected chi connectivity index (χ3v) is 3.39. The van der Waals surface area contributed by atoms with Crippen LogP contribution in [0.4, 0.5) is 0 Å². The molecular formula is C16H15N2O2+. The van der Waals surface area contributed by atoms with E-state index in [9.17, 15) is 10.0 Å². The molecule has 1 N–H and O–H groups in total. The maximum atomic E-state index is 12.0. The van der Waals surface area contributed by atoms with Crippen LogP contribution in [-0.4, -0.2) is 9.61 Å². The van der Waals surface area contributed by atoms with Crippen LogP contribution in [0.2, 0.25) is 0 Å². The summed E-state index contributed by atoms with van der Waals surface area (Å²) in [7, 11) is 0. The highest BCUT2D eigenvalue weighted by atomic mass is 16.5. The Bertz CT molecular complexity index is 957. The summed E-state index contributed by atoms with van der Waals surface area (Å²) in [5, 5.41) is 11.8. The summed E-state index contributed by atoms with van der Waals surface area (Å²) in [4.78, 5) is 12.0. The van der Waals surface area contributed by atoms with Gasteiger partial charge in [0.15, 0.2) is 0 Å². The van der Waals surface area contributed by atoms with Gasteiger partial charge in [0.1, 0.15) is 5.52 Å². The third kappa shape index (κ3) is 1.48. The van der Waals surface area contributed by atoms with Crippen LogP contribution in [0.25, 0.3) is 27.3 Å². The molecule has 4 heteroatoms. The molecule has 0 aliphatic rings. The van der Waals surface area contributed by atoms with Crippen molar-refractivity contribution < 1.29 is 9.94 Å². The first-order valence-electron chi connectivity index (χ1n) is 6.67. The van der Waals surface area contributed by atoms with Gasteiger partial charge >= 0.3 is 0 Å². The first-order valence-corrected chi connectivity index (χ1v) is 6.67. The van der Waals surface area contributed by atoms with Gasteiger partial charge in [-0.2, -0.15) is 0 Å². The molecule has 0 amide bonds. The Hall–Kier alpha value is -2.62. The minimum atomic E-state index is -0.0834. The number of hydrogen-bond donors (Lipinski definition) is 1. The van der Waals surface area contributed by atoms with E-state index in [1.807, 2.05) is 44.2 Å². The lowest BCUT2D eigenvalue weighted by molar-refractivity contribution is -0.884. The monoisotopic (exact) mass is 267 g/mol. The van der Waals surface area contributed by atoms with Crippen LogP contribution < -0.4 is 10.3 Å². The first-order chi connectivity index (χ1) is 9.77. The average Bonchev–Trinajstić information content (AvgIpc) is 2.83. The number of para-hydroxylation sites is 1. The maximum Gasteiger partial charge on any atom is 0.282 e. The van der Waals surface area contributed by atoms with Gasteiger partial charge in [-0.1, -0.05) is 32.0 Å². The van der Waals surface area contributed by atoms with Crippen molar-refractivity contribution in [1.82, 2.24) is 4.40 Å². The van der Waals surface area contributed by atoms with Gasteiger partial charge in [-0.05, 0) is 6.07 Å². The molecule has 3 aromatic heterocycles. The molecule has 0 saturated heterocycles. The Morgan fingerprint density at radius 3 is 2.55 bits per heavy atom. The molecule has 0 radical (unpaired) electrons. The van der Waals surface area contributed by atoms with Crippen LogP contribution in [-0.2, 0) is 0 Å². The van der Waals surface area contributed by atoms with Crippen LogP contribution >= 0.6 is 0 Å². The highest BCUT2D eigenvalue weighted by Crippen LogP contribution is 2.28. The number of aromatic nitrogens is 2. The highest BCUT2D eigenvalue weighted by molar-refractivity contribution is 6.11. The summed E-state index contributed by atoms with van der Waals surface area (Å²) in [5.41, 5.74) is 2.17. The predicted molar refractivity (Wildman–Crippen MR) is 78.6 cm³/mol. The van der Waals surface area contributed by atoms with Gasteiger partial charge in [0.05, 0.1) is 5.52 Å². The van der Waals surface area contributed by atoms with E-state index >= 15 is 0 Å². The molecule has 4 aromatic rings. The number of benzene rings is 1. The van der Waals surface area contributed by atoms with Gasteiger partial charge in [-0.15, -0.1) is 0 Å². The van der Waals surface area contributed by atoms with Gasteiger partial charge in [-0.25, -0.2) is 0 Å². The molecule has 20 heavy (non-hydrogen) atoms. The van der Waals surface area contributed by atoms with Crippen LogP contribution in [0.5, 0.6) is 0 Å². The molecule has 0 fully saturated rings. The Kier molecular flexibility index (Phi) is 2.79. The fourth-order valence-corrected chi connectivity index (χ4v) is 2.63. The van der Waals surface area contributed by atoms with Gasteiger partial charge in [0.2, 0.25) is 6.20 Å². The largest absolute Gasteiger partial charge is 0.284 e. The van der Waals surface area contributed by atoms with Crippen molar-refractivity contribution in [3.63, 3.8) is 0 Å². The Balaban J connectivity index is 0.000000581. The van der Waals surface area contributed by atoms with Crippen molar-refractivity contribution in [3.8, 4) is 0 Å². The molecule has 3 heterocycles. The lowest BCUT2D eigenvalue weighted by Crippen LogP contribution is -2.31. The summed E-state index contributed by atoms with van der Waals surface area (Å²) >= 11 is 0. The Labute approximate surface area is 115 Å². The van der Waals surface area contributed by atoms with Crippen molar-refractivity contribution in [2.24, 2.45) is 0 Å². The minimum absolute atomic E-state index is 0.0834. The molecule has 0 spiro atoms. The molecule has 0 saturated carbocycles. The van der Waals surface area contributed by atoms with E-state index in [1.54, 1.807) is 16.7 Å². The number of hydrogen-bond acceptors (Lipinski definition) is 2. The molecular weight excluding hydrogens is 252 g/mol. The van der Waals surface area contributed by atoms with Gasteiger partial charge in [-0.3, -0.25) is 14.4 Å². The van der Waals surface area contributed by atoms with Crippen molar-refractivity contribution in [2.75, 3.05) is 0 Å². The van der Waals surface area contributed by atoms with E-state index in [4.69, 9.17) is 0 Å². The number of nitrogens with zero attached hydrogens (tertiary/aromatic N) is 2. The zero-order chi connectivity index (χ0) is 14.3. The van der Waals surface area contributed by atoms with E-state index in [0.717, 1.165) is 26.5 Å². The molecule has 4 nitrogen and oxygen atoms in total. The van der Waals surface area contributed by atoms with Crippen molar-refractivity contribution in [2.45, 2.75) is 13.8 Å². The summed E-state index contributed by atoms with van der Waals surface area (Å²) in [6.07, 6.45) is 1.59. The summed E-state index contributed by atoms with van der Waals surface area (Å²) in [6, 6.07) is 12.7. The van der Waals surface area contributed by atoms with Crippen molar-refractivity contribution >= 4 is 27.3 Å². The van der Waals surface area contributed by atoms with Crippen LogP contribution in [0.3, 0.4) is 0 Å². The van der Waals surface area contributed by atoms with E-state index in [1.165, 1.54) is 6.07 Å². The van der Waals surface area contributed by atoms with Crippen molar-refractivity contribution in [1.29, 1.82) is 0 Å². The molecule has 0 bridgehead atoms. The van der Waals surface area contributed by atoms with Gasteiger partial charge in [0.25, 0.3) is 11.1 Å². The maximum absolute atomic E-state index is 12.0. The second-order valence-corrected chi connectivity index (χ2v) is 4.33. The zero-order valence-electron chi connectivity index (χ0n) is 11.4. The lowest BCUT2D eigenvalue weighted by atomic mass is 10.2. The Morgan fingerprint density at radius 2 is 1.75 bits per heavy atom. The second-order valence-electron chi connectivity index (χ2n) is 4.33. The molecule has 0 aliphatic carbocycles. The van der Waals surface area contributed by atoms with Crippen LogP contribution in [0.15, 0.2) is 53.5 Å². The fourth-order valence-electron chi connectivity index (χ4n) is 2.63. The molecule has 100 valence electrons. The second kappa shape index (κ2) is 4.49. The number of pyridine rings is 2. The van der Waals surface area contributed by atoms with E-state index in [-0.39, 0.29) is 5.56 Å². The number of rotatable bonds is 0. The normalized spacial score (nSPS) is 10.9. The smallest absolute Gasteiger partial charge is 0.282 e. The van der Waals surface area contributed by atoms with Crippen LogP contribution in [0.1, 0.15) is 13.8 Å². The summed E-state index contributed by atoms with van der Waals surface area (Å²) < 4.78 is 2.69. The number of fused-ring (bicyclic) bond motifs is 3. The Morgan fingerprint density at radius 1 is 1.00 bits per heavy atom. The van der Waals surface area contributed by atoms with Crippen LogP contribution in [0, 0.1) is 0 Å². The van der Waals surface area contributed by atoms with Gasteiger partial charge in [0, 0.05) is 33.7 Å². The van der Waals surface area contributed by atoms with E-state index in [2.05, 4.69) is 0 Å². The van der Waals surface area contributed by atoms with E-state index in [0.29, 0.717) is 5.52 Å². The third-order valence-electron chi connectivity index (χ3n) is 3.39. The molecule has 0 atom stereocenters. The first kappa shape index (κ1) is 12.4. The topological polar surface area (TPSA) is 45.6 Å². The average molecular weight is 267 g/mol. The quantitative estimate of drug-likeness (QED) is 0.393. The predicted octanol–water partition coefficient (Wildman–Crippen LogP) is 2.59. The van der Waals surface area contributed by atoms with Crippen molar-refractivity contribution in [3.05, 3.63) is 59.0 Å². The minimum Gasteiger partial charge on any atom is -0.284 e. The highest BCUT2D eigenvalue weighted by Gasteiger charge is 2.18. The fraction of sp³-hybridized carbons (Fsp3) is 0.125. The standard InChI is InChI=1S/C14H9N2O2.C2H6/c17-13-6-5-12-14-10(7-8-15(12)18)9-3-1-2-4-11(9)16(13)14;1-2/h1-8,18H;1-2H3/q+1;. The van der Waals surface area contributed by atoms with E-state index < -0.39 is 0 Å². The SMILES string of the molecule is CC.O=c1ccc2c3c(cc[n+]2O)c2ccccc2n13. The molecule has 4 rings (SSSR count). The molecule has 0 aliphatic heterocycles. The summed E-state index contributed by atoms with van der Waals surface area (Å²) in [5.74, 6) is 0. The van der Waals surface area contributed by atoms with Gasteiger partial charge < -0.3 is 0 Å². The molecule has 0 unspecified atom stereocenters. The molecule has 1 aromatic carbocycles. The lowest BCUT2D eigenvalue weighted by Gasteiger charge is -1.95. The zero-order valence-corrected chi connectivity index (χ0v) is 11.4. The summed E-state index contributed by atoms with van der Waals surface area (Å²) in [6.45, 7) is 4.00.